The van der Waals surface area contributed by atoms with Crippen LogP contribution in [0.5, 0.6) is 0 Å². The third-order valence-corrected chi connectivity index (χ3v) is 3.45. The topological polar surface area (TPSA) is 81.0 Å². The zero-order chi connectivity index (χ0) is 12.5. The van der Waals surface area contributed by atoms with Gasteiger partial charge in [0.05, 0.1) is 12.1 Å². The highest BCUT2D eigenvalue weighted by Crippen LogP contribution is 2.17. The largest absolute Gasteiger partial charge is 0.391 e. The summed E-state index contributed by atoms with van der Waals surface area (Å²) in [4.78, 5) is 2.81. The fraction of sp³-hybridized carbons (Fsp3) is 1.00. The summed E-state index contributed by atoms with van der Waals surface area (Å²) in [5.74, 6) is 0. The van der Waals surface area contributed by atoms with Crippen molar-refractivity contribution in [3.05, 3.63) is 10.4 Å². The first-order chi connectivity index (χ1) is 8.27. The molecule has 1 aliphatic rings. The van der Waals surface area contributed by atoms with Crippen LogP contribution < -0.4 is 5.32 Å². The predicted molar refractivity (Wildman–Crippen MR) is 68.7 cm³/mol. The summed E-state index contributed by atoms with van der Waals surface area (Å²) in [6.45, 7) is 2.57. The molecular weight excluding hydrogens is 216 g/mol. The number of nitrogens with one attached hydrogen (secondary N) is 1. The van der Waals surface area contributed by atoms with Gasteiger partial charge in [-0.3, -0.25) is 0 Å². The molecule has 5 nitrogen and oxygen atoms in total. The SMILES string of the molecule is CCC[C@@H](N=[N+]=[N-])[C@@H](O)CNC1CCCCC1. The average molecular weight is 240 g/mol. The Morgan fingerprint density at radius 3 is 2.71 bits per heavy atom. The van der Waals surface area contributed by atoms with Crippen LogP contribution in [0.2, 0.25) is 0 Å². The first-order valence-corrected chi connectivity index (χ1v) is 6.73. The summed E-state index contributed by atoms with van der Waals surface area (Å²) in [5.41, 5.74) is 8.46. The lowest BCUT2D eigenvalue weighted by Crippen LogP contribution is -2.41. The van der Waals surface area contributed by atoms with Crippen LogP contribution in [-0.2, 0) is 0 Å². The van der Waals surface area contributed by atoms with Crippen LogP contribution in [0.15, 0.2) is 5.11 Å². The molecule has 0 amide bonds. The van der Waals surface area contributed by atoms with Crippen molar-refractivity contribution in [2.75, 3.05) is 6.54 Å². The standard InChI is InChI=1S/C12H24N4O/c1-2-6-11(15-16-13)12(17)9-14-10-7-4-3-5-8-10/h10-12,14,17H,2-9H2,1H3/t11-,12+/m1/s1. The average Bonchev–Trinajstić information content (AvgIpc) is 2.37. The van der Waals surface area contributed by atoms with Crippen LogP contribution in [0.25, 0.3) is 10.4 Å². The molecule has 0 heterocycles. The van der Waals surface area contributed by atoms with E-state index in [0.717, 1.165) is 12.8 Å². The Labute approximate surface area is 103 Å². The molecule has 0 spiro atoms. The van der Waals surface area contributed by atoms with Crippen molar-refractivity contribution in [2.24, 2.45) is 5.11 Å². The van der Waals surface area contributed by atoms with E-state index in [9.17, 15) is 5.11 Å². The van der Waals surface area contributed by atoms with Gasteiger partial charge in [0.2, 0.25) is 0 Å². The van der Waals surface area contributed by atoms with E-state index in [1.165, 1.54) is 32.1 Å². The van der Waals surface area contributed by atoms with Crippen LogP contribution in [0.1, 0.15) is 51.9 Å². The maximum absolute atomic E-state index is 9.97. The van der Waals surface area contributed by atoms with Crippen LogP contribution >= 0.6 is 0 Å². The Kier molecular flexibility index (Phi) is 7.01. The van der Waals surface area contributed by atoms with Crippen molar-refractivity contribution in [2.45, 2.75) is 70.1 Å². The first-order valence-electron chi connectivity index (χ1n) is 6.73. The maximum Gasteiger partial charge on any atom is 0.0749 e. The number of aliphatic hydroxyl groups is 1. The second-order valence-corrected chi connectivity index (χ2v) is 4.87. The second kappa shape index (κ2) is 8.34. The van der Waals surface area contributed by atoms with Crippen molar-refractivity contribution in [1.29, 1.82) is 0 Å². The van der Waals surface area contributed by atoms with E-state index in [2.05, 4.69) is 15.3 Å². The molecule has 2 N–H and O–H groups in total. The highest BCUT2D eigenvalue weighted by atomic mass is 16.3. The van der Waals surface area contributed by atoms with E-state index in [1.807, 2.05) is 6.92 Å². The molecule has 0 unspecified atom stereocenters. The third kappa shape index (κ3) is 5.39. The molecule has 0 bridgehead atoms. The van der Waals surface area contributed by atoms with Crippen LogP contribution in [-0.4, -0.2) is 29.8 Å². The molecule has 0 radical (unpaired) electrons. The second-order valence-electron chi connectivity index (χ2n) is 4.87. The highest BCUT2D eigenvalue weighted by Gasteiger charge is 2.19. The molecule has 5 heteroatoms. The lowest BCUT2D eigenvalue weighted by molar-refractivity contribution is 0.131. The lowest BCUT2D eigenvalue weighted by atomic mass is 9.95. The molecule has 2 atom stereocenters. The molecule has 0 saturated heterocycles. The molecule has 1 rings (SSSR count). The van der Waals surface area contributed by atoms with Crippen LogP contribution in [0.3, 0.4) is 0 Å². The van der Waals surface area contributed by atoms with Crippen molar-refractivity contribution >= 4 is 0 Å². The summed E-state index contributed by atoms with van der Waals surface area (Å²) in [6, 6.07) is 0.243. The van der Waals surface area contributed by atoms with E-state index >= 15 is 0 Å². The number of hydrogen-bond acceptors (Lipinski definition) is 3. The molecule has 1 aliphatic carbocycles. The first kappa shape index (κ1) is 14.3. The van der Waals surface area contributed by atoms with E-state index in [-0.39, 0.29) is 6.04 Å². The minimum absolute atomic E-state index is 0.291. The van der Waals surface area contributed by atoms with Crippen LogP contribution in [0.4, 0.5) is 0 Å². The highest BCUT2D eigenvalue weighted by molar-refractivity contribution is 4.80. The Morgan fingerprint density at radius 1 is 1.41 bits per heavy atom. The zero-order valence-electron chi connectivity index (χ0n) is 10.7. The van der Waals surface area contributed by atoms with E-state index in [1.54, 1.807) is 0 Å². The summed E-state index contributed by atoms with van der Waals surface area (Å²) in [6.07, 6.45) is 7.40. The fourth-order valence-electron chi connectivity index (χ4n) is 2.42. The van der Waals surface area contributed by atoms with Crippen molar-refractivity contribution in [3.8, 4) is 0 Å². The van der Waals surface area contributed by atoms with Gasteiger partial charge in [0.1, 0.15) is 0 Å². The van der Waals surface area contributed by atoms with Crippen molar-refractivity contribution in [1.82, 2.24) is 5.32 Å². The number of aliphatic hydroxyl groups excluding tert-OH is 1. The molecule has 1 saturated carbocycles. The van der Waals surface area contributed by atoms with E-state index in [4.69, 9.17) is 5.53 Å². The number of azide groups is 1. The van der Waals surface area contributed by atoms with Gasteiger partial charge in [-0.05, 0) is 24.8 Å². The summed E-state index contributed by atoms with van der Waals surface area (Å²) in [5, 5.41) is 17.0. The van der Waals surface area contributed by atoms with Gasteiger partial charge in [-0.1, -0.05) is 37.7 Å². The van der Waals surface area contributed by atoms with Gasteiger partial charge in [0, 0.05) is 17.5 Å². The molecule has 0 aromatic rings. The number of nitrogens with zero attached hydrogens (tertiary/aromatic N) is 3. The fourth-order valence-corrected chi connectivity index (χ4v) is 2.42. The lowest BCUT2D eigenvalue weighted by Gasteiger charge is -2.26. The number of hydrogen-bond donors (Lipinski definition) is 2. The minimum atomic E-state index is -0.562. The Bertz CT molecular complexity index is 247. The van der Waals surface area contributed by atoms with Gasteiger partial charge in [0.25, 0.3) is 0 Å². The molecule has 98 valence electrons. The van der Waals surface area contributed by atoms with Crippen molar-refractivity contribution < 1.29 is 5.11 Å². The monoisotopic (exact) mass is 240 g/mol. The molecule has 0 aromatic heterocycles. The van der Waals surface area contributed by atoms with Gasteiger partial charge in [-0.2, -0.15) is 0 Å². The normalized spacial score (nSPS) is 20.6. The van der Waals surface area contributed by atoms with Gasteiger partial charge >= 0.3 is 0 Å². The Morgan fingerprint density at radius 2 is 2.12 bits per heavy atom. The van der Waals surface area contributed by atoms with Gasteiger partial charge < -0.3 is 10.4 Å². The molecule has 0 aromatic carbocycles. The quantitative estimate of drug-likeness (QED) is 0.407. The summed E-state index contributed by atoms with van der Waals surface area (Å²) >= 11 is 0. The Balaban J connectivity index is 2.29. The van der Waals surface area contributed by atoms with Crippen molar-refractivity contribution in [3.63, 3.8) is 0 Å². The summed E-state index contributed by atoms with van der Waals surface area (Å²) in [7, 11) is 0. The van der Waals surface area contributed by atoms with E-state index < -0.39 is 6.10 Å². The predicted octanol–water partition coefficient (Wildman–Crippen LogP) is 2.75. The zero-order valence-corrected chi connectivity index (χ0v) is 10.7. The molecular formula is C12H24N4O. The smallest absolute Gasteiger partial charge is 0.0749 e. The molecule has 0 aliphatic heterocycles. The maximum atomic E-state index is 9.97. The Hall–Kier alpha value is -0.770. The molecule has 1 fully saturated rings. The number of rotatable bonds is 7. The molecule has 17 heavy (non-hydrogen) atoms. The summed E-state index contributed by atoms with van der Waals surface area (Å²) < 4.78 is 0. The van der Waals surface area contributed by atoms with Gasteiger partial charge in [0.15, 0.2) is 0 Å². The van der Waals surface area contributed by atoms with Gasteiger partial charge in [-0.25, -0.2) is 0 Å². The third-order valence-electron chi connectivity index (χ3n) is 3.45. The van der Waals surface area contributed by atoms with Gasteiger partial charge in [-0.15, -0.1) is 0 Å². The van der Waals surface area contributed by atoms with Crippen LogP contribution in [0, 0.1) is 0 Å². The minimum Gasteiger partial charge on any atom is -0.391 e. The van der Waals surface area contributed by atoms with E-state index in [0.29, 0.717) is 12.6 Å².